The molecule has 0 amide bonds. The number of carbonyl (C=O) groups excluding carboxylic acids is 1. The smallest absolute Gasteiger partial charge is 0.410 e. The minimum Gasteiger partial charge on any atom is -0.493 e. The van der Waals surface area contributed by atoms with Crippen molar-refractivity contribution in [1.82, 2.24) is 9.78 Å². The van der Waals surface area contributed by atoms with E-state index < -0.39 is 18.3 Å². The molecule has 6 nitrogen and oxygen atoms in total. The van der Waals surface area contributed by atoms with E-state index in [1.54, 1.807) is 18.2 Å². The molecular formula is C17H18F3N3O3. The van der Waals surface area contributed by atoms with Gasteiger partial charge in [-0.2, -0.15) is 18.3 Å². The summed E-state index contributed by atoms with van der Waals surface area (Å²) in [6.45, 7) is 1.29. The number of fused-ring (bicyclic) bond motifs is 1. The number of hydrogen-bond acceptors (Lipinski definition) is 5. The van der Waals surface area contributed by atoms with Gasteiger partial charge in [0.15, 0.2) is 23.3 Å². The number of rotatable bonds is 4. The molecule has 0 saturated carbocycles. The Balaban J connectivity index is 2.05. The van der Waals surface area contributed by atoms with Gasteiger partial charge in [0, 0.05) is 6.42 Å². The van der Waals surface area contributed by atoms with Crippen molar-refractivity contribution in [3.63, 3.8) is 0 Å². The van der Waals surface area contributed by atoms with Gasteiger partial charge in [0.25, 0.3) is 0 Å². The van der Waals surface area contributed by atoms with Crippen LogP contribution in [0.5, 0.6) is 11.5 Å². The molecular weight excluding hydrogens is 351 g/mol. The highest BCUT2D eigenvalue weighted by Gasteiger charge is 2.47. The number of anilines is 1. The zero-order valence-corrected chi connectivity index (χ0v) is 14.4. The van der Waals surface area contributed by atoms with Crippen molar-refractivity contribution in [1.29, 1.82) is 0 Å². The van der Waals surface area contributed by atoms with Crippen LogP contribution in [-0.2, 0) is 0 Å². The van der Waals surface area contributed by atoms with E-state index in [-0.39, 0.29) is 23.6 Å². The van der Waals surface area contributed by atoms with Gasteiger partial charge in [-0.15, -0.1) is 0 Å². The monoisotopic (exact) mass is 369 g/mol. The van der Waals surface area contributed by atoms with E-state index in [1.165, 1.54) is 27.3 Å². The first-order valence-electron chi connectivity index (χ1n) is 7.90. The second-order valence-corrected chi connectivity index (χ2v) is 6.01. The molecule has 1 N–H and O–H groups in total. The molecule has 2 aromatic rings. The number of ether oxygens (including phenoxy) is 2. The Morgan fingerprint density at radius 1 is 1.27 bits per heavy atom. The summed E-state index contributed by atoms with van der Waals surface area (Å²) in [5.41, 5.74) is 0.725. The second-order valence-electron chi connectivity index (χ2n) is 6.01. The molecule has 26 heavy (non-hydrogen) atoms. The summed E-state index contributed by atoms with van der Waals surface area (Å²) in [5, 5.41) is 6.80. The number of carbonyl (C=O) groups is 1. The minimum absolute atomic E-state index is 0.0749. The van der Waals surface area contributed by atoms with E-state index in [0.717, 1.165) is 4.68 Å². The van der Waals surface area contributed by atoms with E-state index in [0.29, 0.717) is 17.1 Å². The van der Waals surface area contributed by atoms with Gasteiger partial charge in [-0.25, -0.2) is 4.68 Å². The SMILES string of the molecule is COc1ccc(C2CC(C(F)(F)F)n3ncc(C(C)=O)c3N2)cc1OC. The maximum atomic E-state index is 13.6. The summed E-state index contributed by atoms with van der Waals surface area (Å²) in [4.78, 5) is 11.8. The van der Waals surface area contributed by atoms with Crippen molar-refractivity contribution in [2.45, 2.75) is 31.6 Å². The van der Waals surface area contributed by atoms with Crippen LogP contribution in [0.2, 0.25) is 0 Å². The number of methoxy groups -OCH3 is 2. The molecule has 0 fully saturated rings. The van der Waals surface area contributed by atoms with Crippen LogP contribution in [0.4, 0.5) is 19.0 Å². The number of nitrogens with zero attached hydrogens (tertiary/aromatic N) is 2. The molecule has 0 radical (unpaired) electrons. The predicted molar refractivity (Wildman–Crippen MR) is 87.9 cm³/mol. The lowest BCUT2D eigenvalue weighted by molar-refractivity contribution is -0.173. The largest absolute Gasteiger partial charge is 0.493 e. The summed E-state index contributed by atoms with van der Waals surface area (Å²) in [5.74, 6) is 0.619. The van der Waals surface area contributed by atoms with E-state index in [9.17, 15) is 18.0 Å². The highest BCUT2D eigenvalue weighted by atomic mass is 19.4. The topological polar surface area (TPSA) is 65.4 Å². The molecule has 0 aliphatic carbocycles. The third-order valence-electron chi connectivity index (χ3n) is 4.43. The molecule has 140 valence electrons. The number of alkyl halides is 3. The Kier molecular flexibility index (Phi) is 4.55. The predicted octanol–water partition coefficient (Wildman–Crippen LogP) is 3.76. The zero-order valence-electron chi connectivity index (χ0n) is 14.4. The Hall–Kier alpha value is -2.71. The van der Waals surface area contributed by atoms with Crippen molar-refractivity contribution in [3.05, 3.63) is 35.5 Å². The Morgan fingerprint density at radius 2 is 1.96 bits per heavy atom. The average Bonchev–Trinajstić information content (AvgIpc) is 3.03. The fraction of sp³-hybridized carbons (Fsp3) is 0.412. The van der Waals surface area contributed by atoms with Crippen LogP contribution in [0, 0.1) is 0 Å². The number of Topliss-reactive ketones (excluding diaryl/α,β-unsaturated/α-hetero) is 1. The molecule has 1 aliphatic heterocycles. The van der Waals surface area contributed by atoms with E-state index in [4.69, 9.17) is 9.47 Å². The summed E-state index contributed by atoms with van der Waals surface area (Å²) >= 11 is 0. The molecule has 3 rings (SSSR count). The van der Waals surface area contributed by atoms with Crippen molar-refractivity contribution in [2.75, 3.05) is 19.5 Å². The summed E-state index contributed by atoms with van der Waals surface area (Å²) in [6.07, 6.45) is -3.59. The third-order valence-corrected chi connectivity index (χ3v) is 4.43. The van der Waals surface area contributed by atoms with Gasteiger partial charge in [-0.3, -0.25) is 4.79 Å². The third kappa shape index (κ3) is 3.09. The fourth-order valence-electron chi connectivity index (χ4n) is 3.11. The summed E-state index contributed by atoms with van der Waals surface area (Å²) in [6, 6.07) is 2.44. The number of hydrogen-bond donors (Lipinski definition) is 1. The molecule has 2 atom stereocenters. The van der Waals surface area contributed by atoms with Crippen LogP contribution in [0.3, 0.4) is 0 Å². The minimum atomic E-state index is -4.49. The van der Waals surface area contributed by atoms with Crippen LogP contribution < -0.4 is 14.8 Å². The quantitative estimate of drug-likeness (QED) is 0.832. The van der Waals surface area contributed by atoms with Crippen LogP contribution in [0.1, 0.15) is 41.3 Å². The van der Waals surface area contributed by atoms with E-state index in [1.807, 2.05) is 0 Å². The molecule has 2 heterocycles. The van der Waals surface area contributed by atoms with Gasteiger partial charge >= 0.3 is 6.18 Å². The zero-order chi connectivity index (χ0) is 19.1. The van der Waals surface area contributed by atoms with Crippen molar-refractivity contribution in [2.24, 2.45) is 0 Å². The molecule has 9 heteroatoms. The average molecular weight is 369 g/mol. The van der Waals surface area contributed by atoms with Crippen LogP contribution >= 0.6 is 0 Å². The first-order valence-corrected chi connectivity index (χ1v) is 7.90. The standard InChI is InChI=1S/C17H18F3N3O3/c1-9(24)11-8-21-23-15(17(18,19)20)7-12(22-16(11)23)10-4-5-13(25-2)14(6-10)26-3/h4-6,8,12,15,22H,7H2,1-3H3. The van der Waals surface area contributed by atoms with Gasteiger partial charge in [0.1, 0.15) is 5.82 Å². The van der Waals surface area contributed by atoms with E-state index >= 15 is 0 Å². The molecule has 0 bridgehead atoms. The maximum absolute atomic E-state index is 13.6. The van der Waals surface area contributed by atoms with Crippen LogP contribution in [0.15, 0.2) is 24.4 Å². The molecule has 0 saturated heterocycles. The first-order chi connectivity index (χ1) is 12.3. The van der Waals surface area contributed by atoms with Gasteiger partial charge in [-0.1, -0.05) is 6.07 Å². The van der Waals surface area contributed by atoms with Crippen molar-refractivity contribution >= 4 is 11.6 Å². The van der Waals surface area contributed by atoms with Crippen molar-refractivity contribution in [3.8, 4) is 11.5 Å². The number of halogens is 3. The van der Waals surface area contributed by atoms with Crippen LogP contribution in [-0.4, -0.2) is 36.0 Å². The van der Waals surface area contributed by atoms with Gasteiger partial charge in [0.2, 0.25) is 0 Å². The number of nitrogens with one attached hydrogen (secondary N) is 1. The van der Waals surface area contributed by atoms with Gasteiger partial charge in [-0.05, 0) is 24.6 Å². The Bertz CT molecular complexity index is 832. The van der Waals surface area contributed by atoms with Crippen molar-refractivity contribution < 1.29 is 27.4 Å². The summed E-state index contributed by atoms with van der Waals surface area (Å²) in [7, 11) is 2.94. The Morgan fingerprint density at radius 3 is 2.54 bits per heavy atom. The van der Waals surface area contributed by atoms with Gasteiger partial charge < -0.3 is 14.8 Å². The number of benzene rings is 1. The maximum Gasteiger partial charge on any atom is 0.410 e. The first kappa shape index (κ1) is 18.1. The highest BCUT2D eigenvalue weighted by molar-refractivity contribution is 5.98. The molecule has 1 aromatic heterocycles. The highest BCUT2D eigenvalue weighted by Crippen LogP contribution is 2.45. The summed E-state index contributed by atoms with van der Waals surface area (Å²) < 4.78 is 51.9. The number of aromatic nitrogens is 2. The fourth-order valence-corrected chi connectivity index (χ4v) is 3.11. The number of ketones is 1. The Labute approximate surface area is 147 Å². The van der Waals surface area contributed by atoms with Gasteiger partial charge in [0.05, 0.1) is 32.0 Å². The molecule has 0 spiro atoms. The second kappa shape index (κ2) is 6.54. The lowest BCUT2D eigenvalue weighted by atomic mass is 9.96. The van der Waals surface area contributed by atoms with E-state index in [2.05, 4.69) is 10.4 Å². The molecule has 1 aliphatic rings. The normalized spacial score (nSPS) is 19.5. The molecule has 2 unspecified atom stereocenters. The lowest BCUT2D eigenvalue weighted by Gasteiger charge is -2.34. The lowest BCUT2D eigenvalue weighted by Crippen LogP contribution is -2.36. The van der Waals surface area contributed by atoms with Crippen LogP contribution in [0.25, 0.3) is 0 Å². The molecule has 1 aromatic carbocycles.